The number of amides is 1. The van der Waals surface area contributed by atoms with E-state index in [1.54, 1.807) is 24.7 Å². The third-order valence-electron chi connectivity index (χ3n) is 3.03. The maximum atomic E-state index is 11.3. The molecule has 1 atom stereocenters. The van der Waals surface area contributed by atoms with Crippen molar-refractivity contribution in [3.8, 4) is 11.1 Å². The predicted molar refractivity (Wildman–Crippen MR) is 74.8 cm³/mol. The van der Waals surface area contributed by atoms with E-state index in [1.807, 2.05) is 19.1 Å². The highest BCUT2D eigenvalue weighted by Gasteiger charge is 2.18. The number of pyridine rings is 2. The molecule has 0 spiro atoms. The summed E-state index contributed by atoms with van der Waals surface area (Å²) < 4.78 is 0. The third kappa shape index (κ3) is 3.06. The molecule has 102 valence electrons. The lowest BCUT2D eigenvalue weighted by molar-refractivity contribution is -0.121. The molecule has 1 unspecified atom stereocenters. The van der Waals surface area contributed by atoms with Crippen molar-refractivity contribution in [3.63, 3.8) is 0 Å². The zero-order chi connectivity index (χ0) is 14.5. The summed E-state index contributed by atoms with van der Waals surface area (Å²) in [6, 6.07) is 5.57. The number of aldehydes is 1. The van der Waals surface area contributed by atoms with Gasteiger partial charge in [-0.25, -0.2) is 0 Å². The molecule has 0 aliphatic carbocycles. The molecular formula is C15H15N3O2. The summed E-state index contributed by atoms with van der Waals surface area (Å²) in [4.78, 5) is 30.2. The summed E-state index contributed by atoms with van der Waals surface area (Å²) in [5.74, 6) is -1.22. The fraction of sp³-hybridized carbons (Fsp3) is 0.200. The Hall–Kier alpha value is -2.56. The number of nitrogens with zero attached hydrogens (tertiary/aromatic N) is 2. The smallest absolute Gasteiger partial charge is 0.227 e. The molecule has 0 saturated heterocycles. The maximum absolute atomic E-state index is 11.3. The van der Waals surface area contributed by atoms with Crippen LogP contribution in [0.3, 0.4) is 0 Å². The first kappa shape index (κ1) is 13.9. The van der Waals surface area contributed by atoms with Gasteiger partial charge >= 0.3 is 0 Å². The van der Waals surface area contributed by atoms with Gasteiger partial charge < -0.3 is 10.5 Å². The zero-order valence-corrected chi connectivity index (χ0v) is 11.1. The van der Waals surface area contributed by atoms with Gasteiger partial charge in [0.05, 0.1) is 11.6 Å². The molecule has 0 saturated carbocycles. The van der Waals surface area contributed by atoms with Crippen molar-refractivity contribution >= 4 is 12.2 Å². The Morgan fingerprint density at radius 3 is 2.65 bits per heavy atom. The average Bonchev–Trinajstić information content (AvgIpc) is 2.45. The van der Waals surface area contributed by atoms with Crippen molar-refractivity contribution < 1.29 is 9.59 Å². The number of rotatable bonds is 5. The van der Waals surface area contributed by atoms with E-state index in [0.29, 0.717) is 12.0 Å². The molecule has 1 amide bonds. The normalized spacial score (nSPS) is 11.8. The van der Waals surface area contributed by atoms with E-state index in [9.17, 15) is 9.59 Å². The number of carbonyl (C=O) groups excluding carboxylic acids is 2. The van der Waals surface area contributed by atoms with Gasteiger partial charge in [0.15, 0.2) is 0 Å². The Bertz CT molecular complexity index is 623. The van der Waals surface area contributed by atoms with Crippen molar-refractivity contribution in [2.75, 3.05) is 0 Å². The standard InChI is InChI=1S/C15H15N3O2/c1-10-6-12(8-17-7-10)11-2-3-14(18-9-11)13(4-5-19)15(16)20/h2-3,5-9,13H,4H2,1H3,(H2,16,20). The molecule has 2 aromatic heterocycles. The second kappa shape index (κ2) is 6.06. The summed E-state index contributed by atoms with van der Waals surface area (Å²) in [5, 5.41) is 0. The van der Waals surface area contributed by atoms with Crippen molar-refractivity contribution in [3.05, 3.63) is 48.0 Å². The van der Waals surface area contributed by atoms with E-state index in [-0.39, 0.29) is 6.42 Å². The van der Waals surface area contributed by atoms with Crippen molar-refractivity contribution in [1.82, 2.24) is 9.97 Å². The Labute approximate surface area is 116 Å². The van der Waals surface area contributed by atoms with Crippen LogP contribution in [0.4, 0.5) is 0 Å². The molecule has 0 radical (unpaired) electrons. The first-order chi connectivity index (χ1) is 9.61. The van der Waals surface area contributed by atoms with Gasteiger partial charge in [-0.3, -0.25) is 14.8 Å². The molecule has 0 bridgehead atoms. The van der Waals surface area contributed by atoms with Crippen molar-refractivity contribution in [1.29, 1.82) is 0 Å². The molecule has 0 aromatic carbocycles. The summed E-state index contributed by atoms with van der Waals surface area (Å²) in [7, 11) is 0. The largest absolute Gasteiger partial charge is 0.369 e. The number of aryl methyl sites for hydroxylation is 1. The van der Waals surface area contributed by atoms with E-state index in [1.165, 1.54) is 0 Å². The van der Waals surface area contributed by atoms with E-state index >= 15 is 0 Å². The van der Waals surface area contributed by atoms with Crippen molar-refractivity contribution in [2.45, 2.75) is 19.3 Å². The predicted octanol–water partition coefficient (Wildman–Crippen LogP) is 1.61. The molecule has 2 heterocycles. The van der Waals surface area contributed by atoms with Crippen LogP contribution in [0.5, 0.6) is 0 Å². The molecule has 0 aliphatic heterocycles. The topological polar surface area (TPSA) is 85.9 Å². The highest BCUT2D eigenvalue weighted by Crippen LogP contribution is 2.22. The minimum absolute atomic E-state index is 0.0493. The lowest BCUT2D eigenvalue weighted by Gasteiger charge is -2.10. The fourth-order valence-electron chi connectivity index (χ4n) is 1.97. The first-order valence-electron chi connectivity index (χ1n) is 6.22. The van der Waals surface area contributed by atoms with Crippen LogP contribution in [0, 0.1) is 6.92 Å². The van der Waals surface area contributed by atoms with Crippen LogP contribution in [-0.2, 0) is 9.59 Å². The van der Waals surface area contributed by atoms with Gasteiger partial charge in [-0.1, -0.05) is 6.07 Å². The summed E-state index contributed by atoms with van der Waals surface area (Å²) >= 11 is 0. The van der Waals surface area contributed by atoms with Gasteiger partial charge in [0.1, 0.15) is 6.29 Å². The minimum atomic E-state index is -0.669. The molecule has 2 rings (SSSR count). The van der Waals surface area contributed by atoms with Crippen LogP contribution in [0.1, 0.15) is 23.6 Å². The summed E-state index contributed by atoms with van der Waals surface area (Å²) in [6.45, 7) is 1.96. The average molecular weight is 269 g/mol. The van der Waals surface area contributed by atoms with Gasteiger partial charge in [-0.2, -0.15) is 0 Å². The summed E-state index contributed by atoms with van der Waals surface area (Å²) in [6.07, 6.45) is 5.91. The van der Waals surface area contributed by atoms with Crippen LogP contribution in [0.2, 0.25) is 0 Å². The lowest BCUT2D eigenvalue weighted by atomic mass is 9.99. The molecule has 2 aromatic rings. The van der Waals surface area contributed by atoms with E-state index < -0.39 is 11.8 Å². The second-order valence-electron chi connectivity index (χ2n) is 4.58. The van der Waals surface area contributed by atoms with Gasteiger partial charge in [0, 0.05) is 36.1 Å². The van der Waals surface area contributed by atoms with Gasteiger partial charge in [-0.15, -0.1) is 0 Å². The van der Waals surface area contributed by atoms with E-state index in [0.717, 1.165) is 16.7 Å². The molecule has 5 nitrogen and oxygen atoms in total. The molecule has 5 heteroatoms. The number of hydrogen-bond acceptors (Lipinski definition) is 4. The molecular weight excluding hydrogens is 254 g/mol. The Morgan fingerprint density at radius 1 is 1.30 bits per heavy atom. The van der Waals surface area contributed by atoms with Crippen LogP contribution in [-0.4, -0.2) is 22.2 Å². The Morgan fingerprint density at radius 2 is 2.10 bits per heavy atom. The van der Waals surface area contributed by atoms with Gasteiger partial charge in [0.2, 0.25) is 5.91 Å². The molecule has 2 N–H and O–H groups in total. The molecule has 0 fully saturated rings. The van der Waals surface area contributed by atoms with Crippen LogP contribution in [0.15, 0.2) is 36.8 Å². The minimum Gasteiger partial charge on any atom is -0.369 e. The van der Waals surface area contributed by atoms with Crippen molar-refractivity contribution in [2.24, 2.45) is 5.73 Å². The quantitative estimate of drug-likeness (QED) is 0.835. The van der Waals surface area contributed by atoms with Crippen LogP contribution >= 0.6 is 0 Å². The van der Waals surface area contributed by atoms with Crippen LogP contribution in [0.25, 0.3) is 11.1 Å². The van der Waals surface area contributed by atoms with E-state index in [2.05, 4.69) is 9.97 Å². The van der Waals surface area contributed by atoms with Gasteiger partial charge in [0.25, 0.3) is 0 Å². The number of carbonyl (C=O) groups is 2. The van der Waals surface area contributed by atoms with Gasteiger partial charge in [-0.05, 0) is 24.6 Å². The maximum Gasteiger partial charge on any atom is 0.227 e. The van der Waals surface area contributed by atoms with E-state index in [4.69, 9.17) is 5.73 Å². The number of nitrogens with two attached hydrogens (primary N) is 1. The number of aromatic nitrogens is 2. The SMILES string of the molecule is Cc1cncc(-c2ccc(C(CC=O)C(N)=O)nc2)c1. The molecule has 20 heavy (non-hydrogen) atoms. The lowest BCUT2D eigenvalue weighted by Crippen LogP contribution is -2.22. The Kier molecular flexibility index (Phi) is 4.20. The zero-order valence-electron chi connectivity index (χ0n) is 11.1. The number of hydrogen-bond donors (Lipinski definition) is 1. The number of primary amides is 1. The molecule has 0 aliphatic rings. The summed E-state index contributed by atoms with van der Waals surface area (Å²) in [5.41, 5.74) is 8.70. The van der Waals surface area contributed by atoms with Crippen LogP contribution < -0.4 is 5.73 Å². The monoisotopic (exact) mass is 269 g/mol. The fourth-order valence-corrected chi connectivity index (χ4v) is 1.97. The first-order valence-corrected chi connectivity index (χ1v) is 6.22. The Balaban J connectivity index is 2.30. The second-order valence-corrected chi connectivity index (χ2v) is 4.58. The highest BCUT2D eigenvalue weighted by atomic mass is 16.1. The third-order valence-corrected chi connectivity index (χ3v) is 3.03. The highest BCUT2D eigenvalue weighted by molar-refractivity contribution is 5.84.